The van der Waals surface area contributed by atoms with E-state index in [9.17, 15) is 4.79 Å². The van der Waals surface area contributed by atoms with Gasteiger partial charge in [-0.25, -0.2) is 9.78 Å². The van der Waals surface area contributed by atoms with Crippen LogP contribution in [0.4, 0.5) is 0 Å². The largest absolute Gasteiger partial charge is 0.465 e. The number of carbonyl (C=O) groups excluding carboxylic acids is 1. The highest BCUT2D eigenvalue weighted by Gasteiger charge is 2.18. The zero-order valence-corrected chi connectivity index (χ0v) is 9.10. The van der Waals surface area contributed by atoms with Crippen molar-refractivity contribution in [1.29, 1.82) is 0 Å². The molecule has 0 amide bonds. The number of ether oxygens (including phenoxy) is 1. The number of pyridine rings is 1. The van der Waals surface area contributed by atoms with Crippen LogP contribution < -0.4 is 5.32 Å². The topological polar surface area (TPSA) is 51.2 Å². The standard InChI is InChI=1S/C10H11ClN2O2/c1-15-10(14)7-4-6-5-12-3-2-8(6)13-9(7)11/h4,12H,2-3,5H2,1H3. The van der Waals surface area contributed by atoms with Crippen molar-refractivity contribution >= 4 is 17.6 Å². The van der Waals surface area contributed by atoms with Gasteiger partial charge in [0.25, 0.3) is 0 Å². The van der Waals surface area contributed by atoms with Crippen molar-refractivity contribution in [2.45, 2.75) is 13.0 Å². The van der Waals surface area contributed by atoms with E-state index in [0.717, 1.165) is 30.8 Å². The number of esters is 1. The summed E-state index contributed by atoms with van der Waals surface area (Å²) in [4.78, 5) is 15.6. The Hall–Kier alpha value is -1.13. The number of carbonyl (C=O) groups is 1. The first kappa shape index (κ1) is 10.4. The van der Waals surface area contributed by atoms with E-state index in [1.165, 1.54) is 7.11 Å². The van der Waals surface area contributed by atoms with Crippen molar-refractivity contribution in [3.63, 3.8) is 0 Å². The number of fused-ring (bicyclic) bond motifs is 1. The number of halogens is 1. The summed E-state index contributed by atoms with van der Waals surface area (Å²) in [5, 5.41) is 3.43. The van der Waals surface area contributed by atoms with Crippen LogP contribution in [-0.2, 0) is 17.7 Å². The Morgan fingerprint density at radius 2 is 2.47 bits per heavy atom. The van der Waals surface area contributed by atoms with Crippen LogP contribution in [0.15, 0.2) is 6.07 Å². The number of nitrogens with zero attached hydrogens (tertiary/aromatic N) is 1. The second-order valence-corrected chi connectivity index (χ2v) is 3.71. The van der Waals surface area contributed by atoms with E-state index < -0.39 is 5.97 Å². The fraction of sp³-hybridized carbons (Fsp3) is 0.400. The van der Waals surface area contributed by atoms with Crippen molar-refractivity contribution < 1.29 is 9.53 Å². The molecule has 1 aromatic heterocycles. The number of hydrogen-bond donors (Lipinski definition) is 1. The van der Waals surface area contributed by atoms with Crippen LogP contribution in [0.1, 0.15) is 21.6 Å². The molecule has 0 fully saturated rings. The summed E-state index contributed by atoms with van der Waals surface area (Å²) in [5.74, 6) is -0.444. The van der Waals surface area contributed by atoms with E-state index in [1.807, 2.05) is 0 Å². The van der Waals surface area contributed by atoms with Crippen LogP contribution in [0, 0.1) is 0 Å². The maximum atomic E-state index is 11.4. The summed E-state index contributed by atoms with van der Waals surface area (Å²) >= 11 is 5.90. The van der Waals surface area contributed by atoms with Gasteiger partial charge < -0.3 is 10.1 Å². The van der Waals surface area contributed by atoms with E-state index in [2.05, 4.69) is 15.0 Å². The Morgan fingerprint density at radius 3 is 3.20 bits per heavy atom. The van der Waals surface area contributed by atoms with Gasteiger partial charge in [0, 0.05) is 25.2 Å². The zero-order chi connectivity index (χ0) is 10.8. The molecule has 2 rings (SSSR count). The van der Waals surface area contributed by atoms with Crippen LogP contribution in [0.5, 0.6) is 0 Å². The van der Waals surface area contributed by atoms with E-state index >= 15 is 0 Å². The van der Waals surface area contributed by atoms with Gasteiger partial charge in [0.2, 0.25) is 0 Å². The molecule has 1 N–H and O–H groups in total. The molecule has 1 aromatic rings. The molecule has 1 aliphatic rings. The van der Waals surface area contributed by atoms with Gasteiger partial charge in [-0.1, -0.05) is 11.6 Å². The lowest BCUT2D eigenvalue weighted by Crippen LogP contribution is -2.25. The number of rotatable bonds is 1. The van der Waals surface area contributed by atoms with E-state index in [-0.39, 0.29) is 5.15 Å². The van der Waals surface area contributed by atoms with Gasteiger partial charge in [-0.05, 0) is 11.6 Å². The summed E-state index contributed by atoms with van der Waals surface area (Å²) in [6.07, 6.45) is 0.844. The summed E-state index contributed by atoms with van der Waals surface area (Å²) < 4.78 is 4.62. The van der Waals surface area contributed by atoms with Gasteiger partial charge in [0.1, 0.15) is 5.15 Å². The third kappa shape index (κ3) is 1.96. The van der Waals surface area contributed by atoms with E-state index in [1.54, 1.807) is 6.07 Å². The minimum atomic E-state index is -0.444. The van der Waals surface area contributed by atoms with Gasteiger partial charge in [0.15, 0.2) is 0 Å². The van der Waals surface area contributed by atoms with Crippen LogP contribution in [0.3, 0.4) is 0 Å². The monoisotopic (exact) mass is 226 g/mol. The molecule has 0 radical (unpaired) electrons. The highest BCUT2D eigenvalue weighted by molar-refractivity contribution is 6.32. The molecule has 0 atom stereocenters. The summed E-state index contributed by atoms with van der Waals surface area (Å²) in [6, 6.07) is 1.75. The predicted octanol–water partition coefficient (Wildman–Crippen LogP) is 1.17. The molecule has 4 nitrogen and oxygen atoms in total. The molecule has 0 aliphatic carbocycles. The molecule has 0 spiro atoms. The summed E-state index contributed by atoms with van der Waals surface area (Å²) in [5.41, 5.74) is 2.32. The predicted molar refractivity (Wildman–Crippen MR) is 56.0 cm³/mol. The van der Waals surface area contributed by atoms with Crippen LogP contribution in [-0.4, -0.2) is 24.6 Å². The molecule has 1 aliphatic heterocycles. The molecular weight excluding hydrogens is 216 g/mol. The first-order valence-corrected chi connectivity index (χ1v) is 5.07. The lowest BCUT2D eigenvalue weighted by molar-refractivity contribution is 0.0600. The average molecular weight is 227 g/mol. The minimum Gasteiger partial charge on any atom is -0.465 e. The Bertz CT molecular complexity index is 407. The summed E-state index contributed by atoms with van der Waals surface area (Å²) in [6.45, 7) is 1.62. The van der Waals surface area contributed by atoms with Gasteiger partial charge in [0.05, 0.1) is 12.7 Å². The first-order valence-electron chi connectivity index (χ1n) is 4.69. The number of nitrogens with one attached hydrogen (secondary N) is 1. The highest BCUT2D eigenvalue weighted by atomic mass is 35.5. The Labute approximate surface area is 92.6 Å². The quantitative estimate of drug-likeness (QED) is 0.577. The van der Waals surface area contributed by atoms with Gasteiger partial charge in [-0.3, -0.25) is 0 Å². The number of aromatic nitrogens is 1. The number of methoxy groups -OCH3 is 1. The smallest absolute Gasteiger partial charge is 0.341 e. The molecule has 0 saturated carbocycles. The van der Waals surface area contributed by atoms with Crippen LogP contribution in [0.25, 0.3) is 0 Å². The lowest BCUT2D eigenvalue weighted by Gasteiger charge is -2.17. The third-order valence-corrected chi connectivity index (χ3v) is 2.69. The van der Waals surface area contributed by atoms with Crippen molar-refractivity contribution in [2.24, 2.45) is 0 Å². The SMILES string of the molecule is COC(=O)c1cc2c(nc1Cl)CCNC2. The molecule has 0 saturated heterocycles. The van der Waals surface area contributed by atoms with Gasteiger partial charge >= 0.3 is 5.97 Å². The molecule has 0 unspecified atom stereocenters. The summed E-state index contributed by atoms with van der Waals surface area (Å²) in [7, 11) is 1.33. The Morgan fingerprint density at radius 1 is 1.67 bits per heavy atom. The van der Waals surface area contributed by atoms with Crippen LogP contribution >= 0.6 is 11.6 Å². The molecule has 5 heteroatoms. The molecule has 0 aromatic carbocycles. The van der Waals surface area contributed by atoms with Crippen molar-refractivity contribution in [2.75, 3.05) is 13.7 Å². The Balaban J connectivity index is 2.44. The van der Waals surface area contributed by atoms with Crippen molar-refractivity contribution in [1.82, 2.24) is 10.3 Å². The van der Waals surface area contributed by atoms with Gasteiger partial charge in [-0.15, -0.1) is 0 Å². The van der Waals surface area contributed by atoms with E-state index in [4.69, 9.17) is 11.6 Å². The normalized spacial score (nSPS) is 14.5. The molecule has 80 valence electrons. The molecule has 2 heterocycles. The lowest BCUT2D eigenvalue weighted by atomic mass is 10.1. The Kier molecular flexibility index (Phi) is 2.88. The van der Waals surface area contributed by atoms with Crippen molar-refractivity contribution in [3.8, 4) is 0 Å². The number of hydrogen-bond acceptors (Lipinski definition) is 4. The fourth-order valence-corrected chi connectivity index (χ4v) is 1.85. The average Bonchev–Trinajstić information content (AvgIpc) is 2.27. The fourth-order valence-electron chi connectivity index (χ4n) is 1.62. The third-order valence-electron chi connectivity index (χ3n) is 2.40. The molecular formula is C10H11ClN2O2. The van der Waals surface area contributed by atoms with E-state index in [0.29, 0.717) is 5.56 Å². The van der Waals surface area contributed by atoms with Crippen LogP contribution in [0.2, 0.25) is 5.15 Å². The maximum absolute atomic E-state index is 11.4. The highest BCUT2D eigenvalue weighted by Crippen LogP contribution is 2.20. The second kappa shape index (κ2) is 4.16. The molecule has 15 heavy (non-hydrogen) atoms. The molecule has 0 bridgehead atoms. The minimum absolute atomic E-state index is 0.225. The first-order chi connectivity index (χ1) is 7.22. The van der Waals surface area contributed by atoms with Crippen molar-refractivity contribution in [3.05, 3.63) is 28.0 Å². The van der Waals surface area contributed by atoms with Gasteiger partial charge in [-0.2, -0.15) is 0 Å². The second-order valence-electron chi connectivity index (χ2n) is 3.35. The maximum Gasteiger partial charge on any atom is 0.341 e. The zero-order valence-electron chi connectivity index (χ0n) is 8.34.